The minimum absolute atomic E-state index is 0.0258. The molecule has 142 valence electrons. The van der Waals surface area contributed by atoms with Gasteiger partial charge >= 0.3 is 0 Å². The lowest BCUT2D eigenvalue weighted by Gasteiger charge is -2.47. The van der Waals surface area contributed by atoms with Gasteiger partial charge in [0, 0.05) is 59.5 Å². The molecule has 2 heterocycles. The van der Waals surface area contributed by atoms with Crippen LogP contribution >= 0.6 is 0 Å². The number of hydrogen-bond acceptors (Lipinski definition) is 4. The number of rotatable bonds is 4. The molecule has 1 atom stereocenters. The highest BCUT2D eigenvalue weighted by Crippen LogP contribution is 2.46. The first-order valence-corrected chi connectivity index (χ1v) is 9.19. The van der Waals surface area contributed by atoms with Gasteiger partial charge in [0.25, 0.3) is 0 Å². The molecule has 2 aliphatic heterocycles. The first kappa shape index (κ1) is 18.7. The van der Waals surface area contributed by atoms with Gasteiger partial charge in [-0.2, -0.15) is 0 Å². The maximum Gasteiger partial charge on any atom is 0.248 e. The van der Waals surface area contributed by atoms with Crippen LogP contribution in [0.4, 0.5) is 0 Å². The van der Waals surface area contributed by atoms with Gasteiger partial charge in [-0.1, -0.05) is 18.2 Å². The number of carbonyl (C=O) groups is 2. The van der Waals surface area contributed by atoms with Crippen molar-refractivity contribution in [3.8, 4) is 5.75 Å². The van der Waals surface area contributed by atoms with Crippen molar-refractivity contribution in [3.05, 3.63) is 29.8 Å². The van der Waals surface area contributed by atoms with Gasteiger partial charge < -0.3 is 19.3 Å². The number of nitrogens with zero attached hydrogens (tertiary/aromatic N) is 2. The molecular weight excluding hydrogens is 332 g/mol. The molecule has 0 bridgehead atoms. The van der Waals surface area contributed by atoms with Gasteiger partial charge in [-0.15, -0.1) is 0 Å². The van der Waals surface area contributed by atoms with Gasteiger partial charge in [0.1, 0.15) is 18.0 Å². The first-order chi connectivity index (χ1) is 12.4. The Morgan fingerprint density at radius 2 is 1.96 bits per heavy atom. The number of amides is 2. The first-order valence-electron chi connectivity index (χ1n) is 9.19. The smallest absolute Gasteiger partial charge is 0.248 e. The number of hydrogen-bond donors (Lipinski definition) is 0. The molecule has 0 saturated carbocycles. The second kappa shape index (κ2) is 7.66. The van der Waals surface area contributed by atoms with Crippen LogP contribution < -0.4 is 4.74 Å². The highest BCUT2D eigenvalue weighted by molar-refractivity contribution is 5.78. The quantitative estimate of drug-likeness (QED) is 0.824. The Morgan fingerprint density at radius 3 is 2.62 bits per heavy atom. The molecule has 1 aromatic rings. The molecule has 0 aliphatic carbocycles. The largest absolute Gasteiger partial charge is 0.487 e. The molecule has 0 radical (unpaired) electrons. The predicted molar refractivity (Wildman–Crippen MR) is 98.2 cm³/mol. The van der Waals surface area contributed by atoms with Crippen molar-refractivity contribution < 1.29 is 19.1 Å². The van der Waals surface area contributed by atoms with Gasteiger partial charge in [0.05, 0.1) is 0 Å². The highest BCUT2D eigenvalue weighted by Gasteiger charge is 2.44. The van der Waals surface area contributed by atoms with Crippen molar-refractivity contribution in [3.63, 3.8) is 0 Å². The summed E-state index contributed by atoms with van der Waals surface area (Å²) in [7, 11) is 5.13. The number of likely N-dealkylation sites (tertiary alicyclic amines) is 1. The lowest BCUT2D eigenvalue weighted by molar-refractivity contribution is -0.139. The lowest BCUT2D eigenvalue weighted by Crippen LogP contribution is -2.52. The van der Waals surface area contributed by atoms with Gasteiger partial charge in [-0.3, -0.25) is 9.59 Å². The highest BCUT2D eigenvalue weighted by atomic mass is 16.5. The third kappa shape index (κ3) is 3.85. The van der Waals surface area contributed by atoms with Crippen LogP contribution in [0, 0.1) is 0 Å². The van der Waals surface area contributed by atoms with Gasteiger partial charge in [0.15, 0.2) is 0 Å². The van der Waals surface area contributed by atoms with E-state index < -0.39 is 0 Å². The van der Waals surface area contributed by atoms with E-state index in [1.807, 2.05) is 23.1 Å². The molecule has 2 aliphatic rings. The molecule has 1 fully saturated rings. The molecule has 6 heteroatoms. The Hall–Kier alpha value is -2.08. The monoisotopic (exact) mass is 360 g/mol. The molecule has 0 N–H and O–H groups in total. The third-order valence-electron chi connectivity index (χ3n) is 5.52. The maximum absolute atomic E-state index is 12.3. The number of methoxy groups -OCH3 is 1. The number of carbonyl (C=O) groups excluding carboxylic acids is 2. The van der Waals surface area contributed by atoms with E-state index in [1.165, 1.54) is 7.11 Å². The Balaban J connectivity index is 1.76. The average Bonchev–Trinajstić information content (AvgIpc) is 2.62. The second-order valence-electron chi connectivity index (χ2n) is 7.53. The van der Waals surface area contributed by atoms with E-state index in [0.717, 1.165) is 30.6 Å². The van der Waals surface area contributed by atoms with Crippen LogP contribution in [-0.2, 0) is 14.3 Å². The van der Waals surface area contributed by atoms with E-state index in [0.29, 0.717) is 19.5 Å². The molecule has 1 aromatic carbocycles. The van der Waals surface area contributed by atoms with E-state index >= 15 is 0 Å². The number of ether oxygens (including phenoxy) is 2. The molecule has 1 unspecified atom stereocenters. The third-order valence-corrected chi connectivity index (χ3v) is 5.52. The number of benzene rings is 1. The summed E-state index contributed by atoms with van der Waals surface area (Å²) in [4.78, 5) is 27.9. The van der Waals surface area contributed by atoms with Crippen molar-refractivity contribution >= 4 is 11.8 Å². The summed E-state index contributed by atoms with van der Waals surface area (Å²) in [6, 6.07) is 8.03. The number of fused-ring (bicyclic) bond motifs is 1. The van der Waals surface area contributed by atoms with Crippen molar-refractivity contribution in [2.24, 2.45) is 0 Å². The van der Waals surface area contributed by atoms with Crippen LogP contribution in [0.5, 0.6) is 5.75 Å². The summed E-state index contributed by atoms with van der Waals surface area (Å²) in [6.07, 6.45) is 2.87. The molecule has 6 nitrogen and oxygen atoms in total. The fourth-order valence-corrected chi connectivity index (χ4v) is 4.00. The van der Waals surface area contributed by atoms with Gasteiger partial charge in [0.2, 0.25) is 11.8 Å². The Labute approximate surface area is 155 Å². The van der Waals surface area contributed by atoms with E-state index in [-0.39, 0.29) is 29.9 Å². The molecule has 1 spiro atoms. The summed E-state index contributed by atoms with van der Waals surface area (Å²) in [6.45, 7) is 1.45. The molecule has 0 aromatic heterocycles. The Kier molecular flexibility index (Phi) is 5.51. The van der Waals surface area contributed by atoms with E-state index in [1.54, 1.807) is 19.0 Å². The van der Waals surface area contributed by atoms with Gasteiger partial charge in [-0.25, -0.2) is 0 Å². The normalized spacial score (nSPS) is 21.0. The molecule has 3 rings (SSSR count). The molecule has 1 saturated heterocycles. The Bertz CT molecular complexity index is 666. The van der Waals surface area contributed by atoms with Crippen molar-refractivity contribution in [2.45, 2.75) is 37.2 Å². The number of piperidine rings is 1. The summed E-state index contributed by atoms with van der Waals surface area (Å²) in [5.74, 6) is 1.19. The van der Waals surface area contributed by atoms with Crippen LogP contribution in [-0.4, -0.2) is 68.1 Å². The summed E-state index contributed by atoms with van der Waals surface area (Å²) in [5.41, 5.74) is 0.821. The topological polar surface area (TPSA) is 59.1 Å². The predicted octanol–water partition coefficient (Wildman–Crippen LogP) is 2.04. The molecule has 26 heavy (non-hydrogen) atoms. The molecular formula is C20H28N2O4. The minimum Gasteiger partial charge on any atom is -0.487 e. The van der Waals surface area contributed by atoms with E-state index in [4.69, 9.17) is 9.47 Å². The van der Waals surface area contributed by atoms with E-state index in [2.05, 4.69) is 6.07 Å². The fourth-order valence-electron chi connectivity index (χ4n) is 4.00. The average molecular weight is 360 g/mol. The van der Waals surface area contributed by atoms with Crippen molar-refractivity contribution in [1.29, 1.82) is 0 Å². The molecule has 2 amide bonds. The number of para-hydroxylation sites is 1. The van der Waals surface area contributed by atoms with Crippen LogP contribution in [0.2, 0.25) is 0 Å². The zero-order valence-electron chi connectivity index (χ0n) is 15.9. The second-order valence-corrected chi connectivity index (χ2v) is 7.53. The standard InChI is InChI=1S/C20H28N2O4/c1-21(2)18(23)12-15-13-20(26-17-7-5-4-6-16(15)17)8-10-22(11-9-20)19(24)14-25-3/h4-7,15H,8-14H2,1-3H3. The summed E-state index contributed by atoms with van der Waals surface area (Å²) < 4.78 is 11.4. The van der Waals surface area contributed by atoms with Crippen LogP contribution in [0.3, 0.4) is 0 Å². The van der Waals surface area contributed by atoms with Crippen molar-refractivity contribution in [1.82, 2.24) is 9.80 Å². The zero-order valence-corrected chi connectivity index (χ0v) is 15.9. The summed E-state index contributed by atoms with van der Waals surface area (Å²) >= 11 is 0. The zero-order chi connectivity index (χ0) is 18.7. The van der Waals surface area contributed by atoms with Crippen LogP contribution in [0.25, 0.3) is 0 Å². The lowest BCUT2D eigenvalue weighted by atomic mass is 9.76. The van der Waals surface area contributed by atoms with E-state index in [9.17, 15) is 9.59 Å². The SMILES string of the molecule is COCC(=O)N1CCC2(CC1)CC(CC(=O)N(C)C)c1ccccc1O2. The summed E-state index contributed by atoms with van der Waals surface area (Å²) in [5, 5.41) is 0. The fraction of sp³-hybridized carbons (Fsp3) is 0.600. The maximum atomic E-state index is 12.3. The minimum atomic E-state index is -0.296. The van der Waals surface area contributed by atoms with Crippen molar-refractivity contribution in [2.75, 3.05) is 40.9 Å². The van der Waals surface area contributed by atoms with Gasteiger partial charge in [-0.05, 0) is 18.1 Å². The van der Waals surface area contributed by atoms with Crippen LogP contribution in [0.1, 0.15) is 37.2 Å². The van der Waals surface area contributed by atoms with Crippen LogP contribution in [0.15, 0.2) is 24.3 Å². The Morgan fingerprint density at radius 1 is 1.27 bits per heavy atom.